The van der Waals surface area contributed by atoms with Crippen molar-refractivity contribution in [2.24, 2.45) is 10.4 Å². The van der Waals surface area contributed by atoms with Crippen LogP contribution >= 0.6 is 0 Å². The summed E-state index contributed by atoms with van der Waals surface area (Å²) in [7, 11) is 0. The summed E-state index contributed by atoms with van der Waals surface area (Å²) in [6, 6.07) is 8.64. The molecule has 0 bridgehead atoms. The minimum absolute atomic E-state index is 0.271. The average molecular weight is 375 g/mol. The van der Waals surface area contributed by atoms with Gasteiger partial charge in [-0.2, -0.15) is 0 Å². The Hall–Kier alpha value is -2.33. The number of hydrogen-bond donors (Lipinski definition) is 0. The molecule has 1 aliphatic heterocycles. The smallest absolute Gasteiger partial charge is 0.160 e. The van der Waals surface area contributed by atoms with E-state index >= 15 is 0 Å². The van der Waals surface area contributed by atoms with Crippen LogP contribution in [0.15, 0.2) is 35.6 Å². The fourth-order valence-corrected chi connectivity index (χ4v) is 4.26. The highest BCUT2D eigenvalue weighted by atomic mass is 15.2. The summed E-state index contributed by atoms with van der Waals surface area (Å²) in [6.07, 6.45) is 7.14. The van der Waals surface area contributed by atoms with Crippen LogP contribution in [-0.4, -0.2) is 27.1 Å². The van der Waals surface area contributed by atoms with Gasteiger partial charge in [0.1, 0.15) is 6.33 Å². The van der Waals surface area contributed by atoms with Crippen molar-refractivity contribution in [3.63, 3.8) is 0 Å². The summed E-state index contributed by atoms with van der Waals surface area (Å²) in [4.78, 5) is 16.6. The SMILES string of the molecule is CC1=c2cccc/c2=C/C(=Nc2ncnc3c2CN(CC(C)(C)C)C3)CCC1. The minimum atomic E-state index is 0.271. The molecule has 0 saturated heterocycles. The van der Waals surface area contributed by atoms with Crippen LogP contribution in [0.3, 0.4) is 0 Å². The molecule has 28 heavy (non-hydrogen) atoms. The van der Waals surface area contributed by atoms with E-state index in [9.17, 15) is 0 Å². The van der Waals surface area contributed by atoms with Gasteiger partial charge in [-0.15, -0.1) is 0 Å². The Morgan fingerprint density at radius 2 is 1.89 bits per heavy atom. The van der Waals surface area contributed by atoms with E-state index < -0.39 is 0 Å². The van der Waals surface area contributed by atoms with Crippen LogP contribution in [0.5, 0.6) is 0 Å². The molecule has 2 heterocycles. The Balaban J connectivity index is 1.71. The molecule has 2 aliphatic rings. The van der Waals surface area contributed by atoms with Gasteiger partial charge in [-0.05, 0) is 48.1 Å². The fourth-order valence-electron chi connectivity index (χ4n) is 4.26. The molecular weight excluding hydrogens is 344 g/mol. The number of aromatic nitrogens is 2. The molecule has 4 nitrogen and oxygen atoms in total. The van der Waals surface area contributed by atoms with E-state index in [1.807, 2.05) is 0 Å². The van der Waals surface area contributed by atoms with E-state index in [0.29, 0.717) is 0 Å². The first-order valence-electron chi connectivity index (χ1n) is 10.3. The van der Waals surface area contributed by atoms with Gasteiger partial charge in [-0.25, -0.2) is 15.0 Å². The van der Waals surface area contributed by atoms with Crippen molar-refractivity contribution in [1.29, 1.82) is 0 Å². The third kappa shape index (κ3) is 4.22. The van der Waals surface area contributed by atoms with Gasteiger partial charge >= 0.3 is 0 Å². The maximum absolute atomic E-state index is 5.02. The summed E-state index contributed by atoms with van der Waals surface area (Å²) in [5.41, 5.74) is 5.19. The fraction of sp³-hybridized carbons (Fsp3) is 0.458. The first-order chi connectivity index (χ1) is 13.4. The highest BCUT2D eigenvalue weighted by Crippen LogP contribution is 2.30. The van der Waals surface area contributed by atoms with Crippen molar-refractivity contribution in [2.75, 3.05) is 6.54 Å². The lowest BCUT2D eigenvalue weighted by molar-refractivity contribution is 0.193. The van der Waals surface area contributed by atoms with E-state index in [1.165, 1.54) is 21.6 Å². The molecule has 1 aliphatic carbocycles. The molecule has 1 aromatic carbocycles. The second-order valence-corrected chi connectivity index (χ2v) is 9.30. The van der Waals surface area contributed by atoms with Crippen LogP contribution in [0.1, 0.15) is 58.2 Å². The Labute approximate surface area is 167 Å². The Morgan fingerprint density at radius 1 is 1.07 bits per heavy atom. The summed E-state index contributed by atoms with van der Waals surface area (Å²) < 4.78 is 0. The van der Waals surface area contributed by atoms with Gasteiger partial charge in [0, 0.05) is 30.9 Å². The van der Waals surface area contributed by atoms with Crippen molar-refractivity contribution in [1.82, 2.24) is 14.9 Å². The van der Waals surface area contributed by atoms with Crippen molar-refractivity contribution in [3.8, 4) is 0 Å². The third-order valence-electron chi connectivity index (χ3n) is 5.44. The predicted octanol–water partition coefficient (Wildman–Crippen LogP) is 3.75. The molecule has 2 aromatic rings. The lowest BCUT2D eigenvalue weighted by Crippen LogP contribution is -2.28. The van der Waals surface area contributed by atoms with Gasteiger partial charge in [0.2, 0.25) is 0 Å². The zero-order valence-electron chi connectivity index (χ0n) is 17.5. The van der Waals surface area contributed by atoms with Crippen molar-refractivity contribution < 1.29 is 0 Å². The van der Waals surface area contributed by atoms with E-state index in [1.54, 1.807) is 6.33 Å². The molecule has 0 radical (unpaired) electrons. The Bertz CT molecular complexity index is 1030. The lowest BCUT2D eigenvalue weighted by Gasteiger charge is -2.25. The molecule has 0 fully saturated rings. The van der Waals surface area contributed by atoms with Crippen LogP contribution in [-0.2, 0) is 13.1 Å². The zero-order valence-corrected chi connectivity index (χ0v) is 17.5. The molecule has 0 atom stereocenters. The molecule has 0 N–H and O–H groups in total. The van der Waals surface area contributed by atoms with Gasteiger partial charge in [-0.3, -0.25) is 4.90 Å². The Kier molecular flexibility index (Phi) is 5.15. The first-order valence-corrected chi connectivity index (χ1v) is 10.3. The van der Waals surface area contributed by atoms with Crippen molar-refractivity contribution in [3.05, 3.63) is 52.3 Å². The minimum Gasteiger partial charge on any atom is -0.293 e. The van der Waals surface area contributed by atoms with E-state index in [2.05, 4.69) is 72.9 Å². The first kappa shape index (κ1) is 19.0. The van der Waals surface area contributed by atoms with Gasteiger partial charge in [0.15, 0.2) is 5.82 Å². The molecule has 4 rings (SSSR count). The van der Waals surface area contributed by atoms with Gasteiger partial charge in [0.25, 0.3) is 0 Å². The summed E-state index contributed by atoms with van der Waals surface area (Å²) in [5, 5.41) is 2.61. The maximum atomic E-state index is 5.02. The average Bonchev–Trinajstić information content (AvgIpc) is 3.02. The molecule has 0 saturated carbocycles. The highest BCUT2D eigenvalue weighted by Gasteiger charge is 2.27. The molecule has 0 amide bonds. The molecule has 0 unspecified atom stereocenters. The van der Waals surface area contributed by atoms with E-state index in [0.717, 1.165) is 56.1 Å². The molecule has 4 heteroatoms. The predicted molar refractivity (Wildman–Crippen MR) is 116 cm³/mol. The number of rotatable bonds is 2. The van der Waals surface area contributed by atoms with Gasteiger partial charge in [-0.1, -0.05) is 50.6 Å². The summed E-state index contributed by atoms with van der Waals surface area (Å²) in [6.45, 7) is 11.9. The van der Waals surface area contributed by atoms with E-state index in [4.69, 9.17) is 4.99 Å². The van der Waals surface area contributed by atoms with Crippen LogP contribution in [0, 0.1) is 5.41 Å². The standard InChI is InChI=1S/C24H30N4/c1-17-8-7-10-19(12-18-9-5-6-11-20(17)18)27-23-21-13-28(15-24(2,3)4)14-22(21)25-16-26-23/h5-6,9,11-12,16H,7-8,10,13-15H2,1-4H3/b18-12-,20-17?,27-19?. The third-order valence-corrected chi connectivity index (χ3v) is 5.44. The molecule has 1 aromatic heterocycles. The van der Waals surface area contributed by atoms with Gasteiger partial charge in [0.05, 0.1) is 5.69 Å². The maximum Gasteiger partial charge on any atom is 0.160 e. The number of hydrogen-bond acceptors (Lipinski definition) is 4. The van der Waals surface area contributed by atoms with Crippen LogP contribution in [0.25, 0.3) is 11.6 Å². The van der Waals surface area contributed by atoms with Crippen molar-refractivity contribution in [2.45, 2.75) is 60.0 Å². The number of aliphatic imine (C=N–C) groups is 1. The number of benzene rings is 1. The topological polar surface area (TPSA) is 41.4 Å². The lowest BCUT2D eigenvalue weighted by atomic mass is 9.96. The van der Waals surface area contributed by atoms with Gasteiger partial charge < -0.3 is 0 Å². The summed E-state index contributed by atoms with van der Waals surface area (Å²) in [5.74, 6) is 0.853. The second-order valence-electron chi connectivity index (χ2n) is 9.30. The molecular formula is C24H30N4. The largest absolute Gasteiger partial charge is 0.293 e. The second kappa shape index (κ2) is 7.59. The normalized spacial score (nSPS) is 20.2. The number of fused-ring (bicyclic) bond motifs is 2. The molecule has 146 valence electrons. The van der Waals surface area contributed by atoms with Crippen LogP contribution < -0.4 is 10.4 Å². The molecule has 0 spiro atoms. The van der Waals surface area contributed by atoms with Crippen molar-refractivity contribution >= 4 is 23.2 Å². The highest BCUT2D eigenvalue weighted by molar-refractivity contribution is 6.11. The number of nitrogens with zero attached hydrogens (tertiary/aromatic N) is 4. The zero-order chi connectivity index (χ0) is 19.7. The monoisotopic (exact) mass is 374 g/mol. The quantitative estimate of drug-likeness (QED) is 0.804. The Morgan fingerprint density at radius 3 is 2.71 bits per heavy atom. The van der Waals surface area contributed by atoms with Crippen LogP contribution in [0.4, 0.5) is 5.82 Å². The van der Waals surface area contributed by atoms with Crippen LogP contribution in [0.2, 0.25) is 0 Å². The summed E-state index contributed by atoms with van der Waals surface area (Å²) >= 11 is 0. The van der Waals surface area contributed by atoms with E-state index in [-0.39, 0.29) is 5.41 Å².